The first-order valence-corrected chi connectivity index (χ1v) is 10.4. The number of rotatable bonds is 0. The second-order valence-electron chi connectivity index (χ2n) is 3.15. The van der Waals surface area contributed by atoms with E-state index in [1.807, 2.05) is 0 Å². The summed E-state index contributed by atoms with van der Waals surface area (Å²) in [6.45, 7) is 2.24. The van der Waals surface area contributed by atoms with Crippen LogP contribution in [-0.4, -0.2) is 0 Å². The van der Waals surface area contributed by atoms with Crippen LogP contribution >= 0.6 is 17.0 Å². The monoisotopic (exact) mass is 291 g/mol. The van der Waals surface area contributed by atoms with Gasteiger partial charge in [0.25, 0.3) is 0 Å². The molecule has 0 saturated heterocycles. The first kappa shape index (κ1) is 11.8. The van der Waals surface area contributed by atoms with E-state index in [1.165, 1.54) is 24.0 Å². The molecular formula is C10H11Cl2Zr-. The van der Waals surface area contributed by atoms with E-state index in [0.717, 1.165) is 0 Å². The van der Waals surface area contributed by atoms with Crippen LogP contribution in [0.15, 0.2) is 24.3 Å². The van der Waals surface area contributed by atoms with E-state index >= 15 is 0 Å². The predicted octanol–water partition coefficient (Wildman–Crippen LogP) is 3.76. The van der Waals surface area contributed by atoms with Gasteiger partial charge in [-0.2, -0.15) is 19.8 Å². The molecule has 0 amide bonds. The molecule has 0 atom stereocenters. The molecule has 3 heteroatoms. The summed E-state index contributed by atoms with van der Waals surface area (Å²) < 4.78 is 0. The van der Waals surface area contributed by atoms with Gasteiger partial charge in [0.05, 0.1) is 0 Å². The SMILES string of the molecule is C[C-]1Cc2ccccc2C1.[Cl][Zr][Cl]. The zero-order valence-electron chi connectivity index (χ0n) is 7.48. The molecule has 0 unspecified atom stereocenters. The summed E-state index contributed by atoms with van der Waals surface area (Å²) in [6.07, 6.45) is 2.41. The minimum absolute atomic E-state index is 0.826. The number of benzene rings is 1. The van der Waals surface area contributed by atoms with Crippen molar-refractivity contribution in [3.8, 4) is 0 Å². The molecule has 1 aliphatic carbocycles. The fourth-order valence-electron chi connectivity index (χ4n) is 1.62. The van der Waals surface area contributed by atoms with Crippen LogP contribution in [0.5, 0.6) is 0 Å². The van der Waals surface area contributed by atoms with Crippen LogP contribution in [0.25, 0.3) is 0 Å². The predicted molar refractivity (Wildman–Crippen MR) is 54.5 cm³/mol. The Morgan fingerprint density at radius 3 is 1.92 bits per heavy atom. The first-order valence-electron chi connectivity index (χ1n) is 4.12. The van der Waals surface area contributed by atoms with E-state index in [9.17, 15) is 0 Å². The van der Waals surface area contributed by atoms with Crippen molar-refractivity contribution in [1.82, 2.24) is 0 Å². The van der Waals surface area contributed by atoms with Gasteiger partial charge < -0.3 is 5.92 Å². The van der Waals surface area contributed by atoms with Crippen LogP contribution < -0.4 is 0 Å². The second-order valence-corrected chi connectivity index (χ2v) is 6.88. The number of hydrogen-bond donors (Lipinski definition) is 0. The number of hydrogen-bond acceptors (Lipinski definition) is 0. The molecule has 2 rings (SSSR count). The van der Waals surface area contributed by atoms with Gasteiger partial charge in [0.1, 0.15) is 0 Å². The Hall–Kier alpha value is 0.683. The van der Waals surface area contributed by atoms with Crippen LogP contribution in [0.4, 0.5) is 0 Å². The summed E-state index contributed by atoms with van der Waals surface area (Å²) in [5.41, 5.74) is 3.06. The van der Waals surface area contributed by atoms with Gasteiger partial charge in [0.15, 0.2) is 0 Å². The molecule has 0 N–H and O–H groups in total. The molecular weight excluding hydrogens is 282 g/mol. The fourth-order valence-corrected chi connectivity index (χ4v) is 1.62. The van der Waals surface area contributed by atoms with Crippen LogP contribution in [0.3, 0.4) is 0 Å². The van der Waals surface area contributed by atoms with Crippen molar-refractivity contribution >= 4 is 17.0 Å². The third-order valence-electron chi connectivity index (χ3n) is 2.10. The van der Waals surface area contributed by atoms with Crippen molar-refractivity contribution in [1.29, 1.82) is 0 Å². The molecule has 0 aromatic heterocycles. The maximum atomic E-state index is 4.93. The maximum absolute atomic E-state index is 4.93. The molecule has 0 saturated carbocycles. The van der Waals surface area contributed by atoms with Gasteiger partial charge >= 0.3 is 37.9 Å². The van der Waals surface area contributed by atoms with E-state index in [2.05, 4.69) is 31.2 Å². The molecule has 1 aliphatic rings. The Morgan fingerprint density at radius 1 is 1.15 bits per heavy atom. The summed E-state index contributed by atoms with van der Waals surface area (Å²) >= 11 is -0.826. The summed E-state index contributed by atoms with van der Waals surface area (Å²) in [6, 6.07) is 8.70. The summed E-state index contributed by atoms with van der Waals surface area (Å²) in [4.78, 5) is 0. The number of fused-ring (bicyclic) bond motifs is 1. The van der Waals surface area contributed by atoms with E-state index < -0.39 is 20.8 Å². The molecule has 0 radical (unpaired) electrons. The van der Waals surface area contributed by atoms with E-state index in [4.69, 9.17) is 17.0 Å². The topological polar surface area (TPSA) is 0 Å². The van der Waals surface area contributed by atoms with Crippen molar-refractivity contribution in [2.45, 2.75) is 19.8 Å². The van der Waals surface area contributed by atoms with Crippen LogP contribution in [0.1, 0.15) is 18.1 Å². The van der Waals surface area contributed by atoms with Crippen LogP contribution in [0, 0.1) is 5.92 Å². The quantitative estimate of drug-likeness (QED) is 0.639. The molecule has 13 heavy (non-hydrogen) atoms. The summed E-state index contributed by atoms with van der Waals surface area (Å²) in [7, 11) is 9.87. The van der Waals surface area contributed by atoms with Gasteiger partial charge in [-0.25, -0.2) is 0 Å². The zero-order valence-corrected chi connectivity index (χ0v) is 11.4. The van der Waals surface area contributed by atoms with Gasteiger partial charge in [0, 0.05) is 0 Å². The van der Waals surface area contributed by atoms with Crippen molar-refractivity contribution in [3.05, 3.63) is 41.3 Å². The molecule has 1 aromatic rings. The molecule has 1 aromatic carbocycles. The van der Waals surface area contributed by atoms with Gasteiger partial charge in [-0.1, -0.05) is 35.4 Å². The Labute approximate surface area is 98.3 Å². The van der Waals surface area contributed by atoms with E-state index in [1.54, 1.807) is 5.92 Å². The first-order chi connectivity index (χ1) is 6.27. The number of halogens is 2. The Bertz CT molecular complexity index is 238. The molecule has 0 heterocycles. The fraction of sp³-hybridized carbons (Fsp3) is 0.300. The normalized spacial score (nSPS) is 14.4. The van der Waals surface area contributed by atoms with Crippen molar-refractivity contribution < 1.29 is 20.8 Å². The average molecular weight is 293 g/mol. The Kier molecular flexibility index (Phi) is 5.62. The van der Waals surface area contributed by atoms with Crippen LogP contribution in [-0.2, 0) is 33.7 Å². The Balaban J connectivity index is 0.000000251. The zero-order chi connectivity index (χ0) is 9.68. The van der Waals surface area contributed by atoms with Gasteiger partial charge in [-0.3, -0.25) is 0 Å². The van der Waals surface area contributed by atoms with Crippen LogP contribution in [0.2, 0.25) is 0 Å². The minimum atomic E-state index is -0.826. The summed E-state index contributed by atoms with van der Waals surface area (Å²) in [5, 5.41) is 0. The molecule has 0 bridgehead atoms. The van der Waals surface area contributed by atoms with Gasteiger partial charge in [0.2, 0.25) is 0 Å². The van der Waals surface area contributed by atoms with Crippen molar-refractivity contribution in [2.24, 2.45) is 0 Å². The second kappa shape index (κ2) is 6.22. The molecule has 0 spiro atoms. The van der Waals surface area contributed by atoms with Gasteiger partial charge in [-0.15, -0.1) is 0 Å². The Morgan fingerprint density at radius 2 is 1.54 bits per heavy atom. The third kappa shape index (κ3) is 3.74. The molecule has 0 aliphatic heterocycles. The van der Waals surface area contributed by atoms with Crippen molar-refractivity contribution in [2.75, 3.05) is 0 Å². The van der Waals surface area contributed by atoms with E-state index in [-0.39, 0.29) is 0 Å². The average Bonchev–Trinajstić information content (AvgIpc) is 2.45. The molecule has 0 fully saturated rings. The van der Waals surface area contributed by atoms with Gasteiger partial charge in [-0.05, 0) is 0 Å². The molecule has 70 valence electrons. The van der Waals surface area contributed by atoms with E-state index in [0.29, 0.717) is 0 Å². The molecule has 0 nitrogen and oxygen atoms in total. The summed E-state index contributed by atoms with van der Waals surface area (Å²) in [5.74, 6) is 1.60. The third-order valence-corrected chi connectivity index (χ3v) is 2.10. The van der Waals surface area contributed by atoms with Crippen molar-refractivity contribution in [3.63, 3.8) is 0 Å². The standard InChI is InChI=1S/C10H11.2ClH.Zr/c1-8-6-9-4-2-3-5-10(9)7-8;;;/h2-5H,6-7H2,1H3;2*1H;/q-1;;;+2/p-2.